The lowest BCUT2D eigenvalue weighted by Crippen LogP contribution is -2.32. The van der Waals surface area contributed by atoms with Crippen LogP contribution in [-0.2, 0) is 17.8 Å². The molecule has 1 aliphatic heterocycles. The van der Waals surface area contributed by atoms with Crippen LogP contribution in [0.5, 0.6) is 0 Å². The number of ether oxygens (including phenoxy) is 1. The Morgan fingerprint density at radius 3 is 2.81 bits per heavy atom. The summed E-state index contributed by atoms with van der Waals surface area (Å²) in [5.74, 6) is 0. The SMILES string of the molecule is Cc1ccc(CN(Cc2ccccn2)C[C@H]2CCCO2)n1-c1cccnc1. The molecule has 5 heteroatoms. The third-order valence-electron chi connectivity index (χ3n) is 5.04. The summed E-state index contributed by atoms with van der Waals surface area (Å²) in [5, 5.41) is 0. The van der Waals surface area contributed by atoms with Crippen molar-refractivity contribution in [2.45, 2.75) is 39.0 Å². The van der Waals surface area contributed by atoms with Crippen molar-refractivity contribution in [1.29, 1.82) is 0 Å². The highest BCUT2D eigenvalue weighted by molar-refractivity contribution is 5.35. The van der Waals surface area contributed by atoms with Crippen LogP contribution in [0.3, 0.4) is 0 Å². The molecule has 0 bridgehead atoms. The Bertz CT molecular complexity index is 841. The van der Waals surface area contributed by atoms with Crippen molar-refractivity contribution in [3.63, 3.8) is 0 Å². The summed E-state index contributed by atoms with van der Waals surface area (Å²) in [6.07, 6.45) is 8.21. The molecular weight excluding hydrogens is 336 g/mol. The molecule has 1 fully saturated rings. The fourth-order valence-corrected chi connectivity index (χ4v) is 3.78. The second-order valence-electron chi connectivity index (χ2n) is 7.14. The van der Waals surface area contributed by atoms with Crippen molar-refractivity contribution in [2.75, 3.05) is 13.2 Å². The molecule has 0 spiro atoms. The molecule has 3 aromatic rings. The number of nitrogens with zero attached hydrogens (tertiary/aromatic N) is 4. The van der Waals surface area contributed by atoms with Crippen molar-refractivity contribution < 1.29 is 4.74 Å². The molecule has 5 nitrogen and oxygen atoms in total. The van der Waals surface area contributed by atoms with Gasteiger partial charge in [0, 0.05) is 50.0 Å². The van der Waals surface area contributed by atoms with E-state index in [-0.39, 0.29) is 0 Å². The first-order chi connectivity index (χ1) is 13.3. The predicted octanol–water partition coefficient (Wildman–Crippen LogP) is 3.76. The summed E-state index contributed by atoms with van der Waals surface area (Å²) < 4.78 is 8.19. The molecule has 0 saturated carbocycles. The quantitative estimate of drug-likeness (QED) is 0.642. The standard InChI is InChI=1S/C22H26N4O/c1-18-9-10-21(26(18)20-7-4-11-23-14-20)16-25(17-22-8-5-13-27-22)15-19-6-2-3-12-24-19/h2-4,6-7,9-12,14,22H,5,8,13,15-17H2,1H3/t22-/m1/s1. The molecule has 0 aliphatic carbocycles. The molecule has 4 rings (SSSR count). The lowest BCUT2D eigenvalue weighted by atomic mass is 10.2. The highest BCUT2D eigenvalue weighted by Crippen LogP contribution is 2.20. The lowest BCUT2D eigenvalue weighted by molar-refractivity contribution is 0.0669. The minimum absolute atomic E-state index is 0.316. The van der Waals surface area contributed by atoms with Crippen LogP contribution in [0.25, 0.3) is 5.69 Å². The number of aromatic nitrogens is 3. The third-order valence-corrected chi connectivity index (χ3v) is 5.04. The highest BCUT2D eigenvalue weighted by atomic mass is 16.5. The highest BCUT2D eigenvalue weighted by Gasteiger charge is 2.21. The summed E-state index contributed by atoms with van der Waals surface area (Å²) in [5.41, 5.74) is 4.67. The normalized spacial score (nSPS) is 16.9. The topological polar surface area (TPSA) is 43.2 Å². The molecule has 0 N–H and O–H groups in total. The van der Waals surface area contributed by atoms with Crippen molar-refractivity contribution in [1.82, 2.24) is 19.4 Å². The number of pyridine rings is 2. The van der Waals surface area contributed by atoms with E-state index in [1.165, 1.54) is 11.4 Å². The Hall–Kier alpha value is -2.50. The van der Waals surface area contributed by atoms with Gasteiger partial charge in [0.25, 0.3) is 0 Å². The van der Waals surface area contributed by atoms with E-state index in [0.29, 0.717) is 6.10 Å². The maximum Gasteiger partial charge on any atom is 0.0703 e. The Balaban J connectivity index is 1.57. The Morgan fingerprint density at radius 2 is 2.07 bits per heavy atom. The van der Waals surface area contributed by atoms with Crippen LogP contribution < -0.4 is 0 Å². The van der Waals surface area contributed by atoms with E-state index in [1.54, 1.807) is 0 Å². The monoisotopic (exact) mass is 362 g/mol. The average molecular weight is 362 g/mol. The van der Waals surface area contributed by atoms with Gasteiger partial charge in [-0.15, -0.1) is 0 Å². The van der Waals surface area contributed by atoms with Gasteiger partial charge in [-0.3, -0.25) is 14.9 Å². The van der Waals surface area contributed by atoms with Crippen molar-refractivity contribution in [3.8, 4) is 5.69 Å². The van der Waals surface area contributed by atoms with E-state index in [4.69, 9.17) is 4.74 Å². The Kier molecular flexibility index (Phi) is 5.61. The van der Waals surface area contributed by atoms with Crippen LogP contribution in [-0.4, -0.2) is 38.7 Å². The van der Waals surface area contributed by atoms with Crippen molar-refractivity contribution >= 4 is 0 Å². The summed E-state index contributed by atoms with van der Waals surface area (Å²) >= 11 is 0. The van der Waals surface area contributed by atoms with E-state index < -0.39 is 0 Å². The van der Waals surface area contributed by atoms with E-state index in [0.717, 1.165) is 50.5 Å². The summed E-state index contributed by atoms with van der Waals surface area (Å²) in [7, 11) is 0. The first-order valence-electron chi connectivity index (χ1n) is 9.61. The van der Waals surface area contributed by atoms with Crippen LogP contribution in [0.2, 0.25) is 0 Å². The number of rotatable bonds is 7. The van der Waals surface area contributed by atoms with Crippen LogP contribution in [0, 0.1) is 6.92 Å². The fraction of sp³-hybridized carbons (Fsp3) is 0.364. The van der Waals surface area contributed by atoms with Gasteiger partial charge < -0.3 is 9.30 Å². The molecule has 1 atom stereocenters. The Labute approximate surface area is 160 Å². The van der Waals surface area contributed by atoms with E-state index in [1.807, 2.05) is 30.7 Å². The number of aryl methyl sites for hydroxylation is 1. The zero-order valence-corrected chi connectivity index (χ0v) is 15.8. The molecule has 3 aromatic heterocycles. The summed E-state index contributed by atoms with van der Waals surface area (Å²) in [4.78, 5) is 11.3. The maximum absolute atomic E-state index is 5.90. The van der Waals surface area contributed by atoms with Crippen LogP contribution >= 0.6 is 0 Å². The largest absolute Gasteiger partial charge is 0.377 e. The zero-order valence-electron chi connectivity index (χ0n) is 15.8. The van der Waals surface area contributed by atoms with Gasteiger partial charge in [0.2, 0.25) is 0 Å². The van der Waals surface area contributed by atoms with E-state index >= 15 is 0 Å². The van der Waals surface area contributed by atoms with Crippen LogP contribution in [0.4, 0.5) is 0 Å². The summed E-state index contributed by atoms with van der Waals surface area (Å²) in [6, 6.07) is 14.6. The van der Waals surface area contributed by atoms with E-state index in [9.17, 15) is 0 Å². The molecule has 1 aliphatic rings. The second kappa shape index (κ2) is 8.46. The van der Waals surface area contributed by atoms with Crippen molar-refractivity contribution in [3.05, 3.63) is 78.1 Å². The third kappa shape index (κ3) is 4.43. The van der Waals surface area contributed by atoms with Gasteiger partial charge in [0.1, 0.15) is 0 Å². The first-order valence-corrected chi connectivity index (χ1v) is 9.61. The fourth-order valence-electron chi connectivity index (χ4n) is 3.78. The van der Waals surface area contributed by atoms with E-state index in [2.05, 4.69) is 56.7 Å². The Morgan fingerprint density at radius 1 is 1.11 bits per heavy atom. The molecule has 27 heavy (non-hydrogen) atoms. The first kappa shape index (κ1) is 17.9. The van der Waals surface area contributed by atoms with Gasteiger partial charge in [0.05, 0.1) is 23.7 Å². The minimum atomic E-state index is 0.316. The van der Waals surface area contributed by atoms with Crippen molar-refractivity contribution in [2.24, 2.45) is 0 Å². The van der Waals surface area contributed by atoms with Gasteiger partial charge in [-0.05, 0) is 56.2 Å². The molecule has 1 saturated heterocycles. The zero-order chi connectivity index (χ0) is 18.5. The maximum atomic E-state index is 5.90. The number of hydrogen-bond donors (Lipinski definition) is 0. The molecule has 4 heterocycles. The van der Waals surface area contributed by atoms with Gasteiger partial charge in [-0.2, -0.15) is 0 Å². The molecule has 0 aromatic carbocycles. The molecule has 0 amide bonds. The van der Waals surface area contributed by atoms with Crippen LogP contribution in [0.15, 0.2) is 61.1 Å². The summed E-state index contributed by atoms with van der Waals surface area (Å²) in [6.45, 7) is 5.61. The smallest absolute Gasteiger partial charge is 0.0703 e. The lowest BCUT2D eigenvalue weighted by Gasteiger charge is -2.26. The van der Waals surface area contributed by atoms with Gasteiger partial charge in [-0.25, -0.2) is 0 Å². The minimum Gasteiger partial charge on any atom is -0.377 e. The molecule has 0 radical (unpaired) electrons. The average Bonchev–Trinajstić information content (AvgIpc) is 3.33. The van der Waals surface area contributed by atoms with Gasteiger partial charge in [0.15, 0.2) is 0 Å². The number of hydrogen-bond acceptors (Lipinski definition) is 4. The molecule has 0 unspecified atom stereocenters. The van der Waals surface area contributed by atoms with Crippen LogP contribution in [0.1, 0.15) is 29.9 Å². The van der Waals surface area contributed by atoms with Gasteiger partial charge >= 0.3 is 0 Å². The van der Waals surface area contributed by atoms with Gasteiger partial charge in [-0.1, -0.05) is 6.07 Å². The predicted molar refractivity (Wildman–Crippen MR) is 106 cm³/mol. The second-order valence-corrected chi connectivity index (χ2v) is 7.14. The molecule has 140 valence electrons. The molecular formula is C22H26N4O.